The van der Waals surface area contributed by atoms with Crippen molar-refractivity contribution in [1.29, 1.82) is 0 Å². The van der Waals surface area contributed by atoms with Crippen molar-refractivity contribution in [2.75, 3.05) is 45.2 Å². The van der Waals surface area contributed by atoms with Crippen LogP contribution in [0.2, 0.25) is 0 Å². The minimum absolute atomic E-state index is 0.122. The minimum atomic E-state index is 0.122. The number of nitrogens with zero attached hydrogens (tertiary/aromatic N) is 6. The van der Waals surface area contributed by atoms with E-state index in [1.165, 1.54) is 0 Å². The molecule has 0 N–H and O–H groups in total. The number of imidazole rings is 1. The Kier molecular flexibility index (Phi) is 5.24. The topological polar surface area (TPSA) is 57.5 Å². The Labute approximate surface area is 171 Å². The van der Waals surface area contributed by atoms with Crippen LogP contribution in [-0.4, -0.2) is 70.5 Å². The number of aromatic nitrogens is 3. The second-order valence-electron chi connectivity index (χ2n) is 7.74. The van der Waals surface area contributed by atoms with Crippen LogP contribution >= 0.6 is 0 Å². The van der Waals surface area contributed by atoms with Gasteiger partial charge < -0.3 is 19.3 Å². The molecule has 1 amide bonds. The second kappa shape index (κ2) is 7.83. The summed E-state index contributed by atoms with van der Waals surface area (Å²) in [4.78, 5) is 28.2. The normalized spacial score (nSPS) is 15.1. The molecule has 1 aromatic carbocycles. The maximum atomic E-state index is 13.0. The number of hydrogen-bond acceptors (Lipinski definition) is 5. The van der Waals surface area contributed by atoms with Crippen molar-refractivity contribution in [3.63, 3.8) is 0 Å². The first-order valence-corrected chi connectivity index (χ1v) is 10.1. The number of hydrogen-bond donors (Lipinski definition) is 0. The van der Waals surface area contributed by atoms with Crippen molar-refractivity contribution in [2.45, 2.75) is 13.3 Å². The summed E-state index contributed by atoms with van der Waals surface area (Å²) in [6.45, 7) is 5.54. The molecule has 0 radical (unpaired) electrons. The summed E-state index contributed by atoms with van der Waals surface area (Å²) in [7, 11) is 6.09. The number of amides is 1. The molecule has 1 fully saturated rings. The van der Waals surface area contributed by atoms with Gasteiger partial charge in [0.25, 0.3) is 5.91 Å². The van der Waals surface area contributed by atoms with Crippen LogP contribution in [0, 0.1) is 0 Å². The van der Waals surface area contributed by atoms with Crippen LogP contribution in [0.3, 0.4) is 0 Å². The molecule has 0 spiro atoms. The van der Waals surface area contributed by atoms with E-state index in [-0.39, 0.29) is 5.91 Å². The van der Waals surface area contributed by atoms with Crippen molar-refractivity contribution in [3.8, 4) is 0 Å². The number of pyridine rings is 1. The zero-order chi connectivity index (χ0) is 20.5. The fourth-order valence-corrected chi connectivity index (χ4v) is 3.85. The van der Waals surface area contributed by atoms with E-state index in [1.54, 1.807) is 12.5 Å². The number of benzene rings is 1. The maximum Gasteiger partial charge on any atom is 0.253 e. The Balaban J connectivity index is 1.61. The molecule has 152 valence electrons. The van der Waals surface area contributed by atoms with Gasteiger partial charge in [-0.15, -0.1) is 0 Å². The number of piperazine rings is 1. The predicted molar refractivity (Wildman–Crippen MR) is 116 cm³/mol. The highest BCUT2D eigenvalue weighted by molar-refractivity contribution is 5.95. The lowest BCUT2D eigenvalue weighted by Gasteiger charge is -2.32. The van der Waals surface area contributed by atoms with E-state index in [9.17, 15) is 4.79 Å². The number of fused-ring (bicyclic) bond motifs is 1. The lowest BCUT2D eigenvalue weighted by Crippen LogP contribution is -2.47. The van der Waals surface area contributed by atoms with Crippen LogP contribution in [0.15, 0.2) is 36.8 Å². The van der Waals surface area contributed by atoms with Gasteiger partial charge in [-0.25, -0.2) is 9.97 Å². The summed E-state index contributed by atoms with van der Waals surface area (Å²) in [6.07, 6.45) is 4.45. The lowest BCUT2D eigenvalue weighted by atomic mass is 10.0. The molecule has 1 aliphatic rings. The molecule has 0 saturated carbocycles. The monoisotopic (exact) mass is 392 g/mol. The molecule has 0 atom stereocenters. The molecule has 3 aromatic rings. The minimum Gasteiger partial charge on any atom is -0.336 e. The molecule has 4 rings (SSSR count). The van der Waals surface area contributed by atoms with Crippen molar-refractivity contribution in [1.82, 2.24) is 24.3 Å². The van der Waals surface area contributed by atoms with Crippen LogP contribution in [-0.2, 0) is 13.5 Å². The van der Waals surface area contributed by atoms with Crippen molar-refractivity contribution >= 4 is 28.4 Å². The molecule has 3 heterocycles. The summed E-state index contributed by atoms with van der Waals surface area (Å²) >= 11 is 0. The van der Waals surface area contributed by atoms with Crippen molar-refractivity contribution in [3.05, 3.63) is 47.9 Å². The quantitative estimate of drug-likeness (QED) is 0.683. The Bertz CT molecular complexity index is 1030. The average molecular weight is 393 g/mol. The Morgan fingerprint density at radius 1 is 1.10 bits per heavy atom. The van der Waals surface area contributed by atoms with Crippen LogP contribution in [0.25, 0.3) is 11.0 Å². The van der Waals surface area contributed by atoms with Crippen LogP contribution in [0.4, 0.5) is 11.5 Å². The number of anilines is 2. The number of rotatable bonds is 4. The third kappa shape index (κ3) is 3.70. The summed E-state index contributed by atoms with van der Waals surface area (Å²) in [5.74, 6) is 0.977. The van der Waals surface area contributed by atoms with Gasteiger partial charge in [-0.05, 0) is 37.2 Å². The zero-order valence-corrected chi connectivity index (χ0v) is 17.6. The number of likely N-dealkylation sites (N-methyl/N-ethyl adjacent to an activating group) is 1. The summed E-state index contributed by atoms with van der Waals surface area (Å²) in [6, 6.07) is 8.06. The second-order valence-corrected chi connectivity index (χ2v) is 7.74. The highest BCUT2D eigenvalue weighted by atomic mass is 16.2. The molecule has 7 heteroatoms. The molecule has 0 aliphatic carbocycles. The fraction of sp³-hybridized carbons (Fsp3) is 0.409. The van der Waals surface area contributed by atoms with E-state index in [4.69, 9.17) is 0 Å². The van der Waals surface area contributed by atoms with Gasteiger partial charge >= 0.3 is 0 Å². The lowest BCUT2D eigenvalue weighted by molar-refractivity contribution is 0.0664. The zero-order valence-electron chi connectivity index (χ0n) is 17.6. The fourth-order valence-electron chi connectivity index (χ4n) is 3.85. The molecular weight excluding hydrogens is 364 g/mol. The maximum absolute atomic E-state index is 13.0. The average Bonchev–Trinajstić information content (AvgIpc) is 3.13. The Morgan fingerprint density at radius 3 is 2.59 bits per heavy atom. The van der Waals surface area contributed by atoms with Crippen molar-refractivity contribution in [2.24, 2.45) is 7.05 Å². The molecule has 0 unspecified atom stereocenters. The third-order valence-electron chi connectivity index (χ3n) is 5.80. The Hall–Kier alpha value is -2.93. The smallest absolute Gasteiger partial charge is 0.253 e. The Morgan fingerprint density at radius 2 is 1.86 bits per heavy atom. The number of carbonyl (C=O) groups is 1. The summed E-state index contributed by atoms with van der Waals surface area (Å²) in [5.41, 5.74) is 4.89. The first-order valence-electron chi connectivity index (χ1n) is 10.1. The van der Waals surface area contributed by atoms with Gasteiger partial charge in [0.05, 0.1) is 18.0 Å². The van der Waals surface area contributed by atoms with E-state index in [2.05, 4.69) is 33.7 Å². The van der Waals surface area contributed by atoms with Gasteiger partial charge in [0, 0.05) is 57.6 Å². The first-order chi connectivity index (χ1) is 14.0. The van der Waals surface area contributed by atoms with E-state index < -0.39 is 0 Å². The summed E-state index contributed by atoms with van der Waals surface area (Å²) < 4.78 is 1.99. The van der Waals surface area contributed by atoms with Gasteiger partial charge in [0.2, 0.25) is 0 Å². The van der Waals surface area contributed by atoms with Gasteiger partial charge in [0.1, 0.15) is 11.3 Å². The van der Waals surface area contributed by atoms with Crippen LogP contribution < -0.4 is 4.90 Å². The van der Waals surface area contributed by atoms with Gasteiger partial charge in [-0.2, -0.15) is 0 Å². The molecule has 2 aromatic heterocycles. The standard InChI is InChI=1S/C22H28N6O/c1-5-16-12-17(22(29)28-10-8-25(2)9-11-28)6-7-19(16)27(4)21-13-20-18(14-23-21)24-15-26(20)3/h6-7,12-15H,5,8-11H2,1-4H3. The SMILES string of the molecule is CCc1cc(C(=O)N2CCN(C)CC2)ccc1N(C)c1cc2c(cn1)ncn2C. The van der Waals surface area contributed by atoms with E-state index in [0.717, 1.165) is 66.3 Å². The molecule has 29 heavy (non-hydrogen) atoms. The van der Waals surface area contributed by atoms with E-state index in [1.807, 2.05) is 47.8 Å². The van der Waals surface area contributed by atoms with E-state index in [0.29, 0.717) is 0 Å². The first kappa shape index (κ1) is 19.4. The van der Waals surface area contributed by atoms with Gasteiger partial charge in [-0.1, -0.05) is 6.92 Å². The van der Waals surface area contributed by atoms with Gasteiger partial charge in [0.15, 0.2) is 0 Å². The molecule has 1 saturated heterocycles. The molecular formula is C22H28N6O. The number of aryl methyl sites for hydroxylation is 2. The van der Waals surface area contributed by atoms with Crippen LogP contribution in [0.1, 0.15) is 22.8 Å². The predicted octanol–water partition coefficient (Wildman–Crippen LogP) is 2.69. The van der Waals surface area contributed by atoms with Crippen LogP contribution in [0.5, 0.6) is 0 Å². The molecule has 0 bridgehead atoms. The largest absolute Gasteiger partial charge is 0.336 e. The van der Waals surface area contributed by atoms with Crippen molar-refractivity contribution < 1.29 is 4.79 Å². The molecule has 1 aliphatic heterocycles. The molecule has 7 nitrogen and oxygen atoms in total. The highest BCUT2D eigenvalue weighted by Gasteiger charge is 2.21. The van der Waals surface area contributed by atoms with E-state index >= 15 is 0 Å². The number of carbonyl (C=O) groups excluding carboxylic acids is 1. The third-order valence-corrected chi connectivity index (χ3v) is 5.80. The highest BCUT2D eigenvalue weighted by Crippen LogP contribution is 2.29. The van der Waals surface area contributed by atoms with Gasteiger partial charge in [-0.3, -0.25) is 4.79 Å². The summed E-state index contributed by atoms with van der Waals surface area (Å²) in [5, 5.41) is 0.